The molecule has 3 heterocycles. The molecule has 1 N–H and O–H groups in total. The van der Waals surface area contributed by atoms with Crippen LogP contribution in [0.4, 0.5) is 5.69 Å². The van der Waals surface area contributed by atoms with E-state index in [0.717, 1.165) is 30.9 Å². The van der Waals surface area contributed by atoms with Crippen LogP contribution in [0, 0.1) is 13.8 Å². The van der Waals surface area contributed by atoms with E-state index in [-0.39, 0.29) is 11.6 Å². The number of hydrogen-bond acceptors (Lipinski definition) is 4. The molecule has 26 heavy (non-hydrogen) atoms. The third kappa shape index (κ3) is 2.90. The van der Waals surface area contributed by atoms with Gasteiger partial charge in [0.15, 0.2) is 11.3 Å². The third-order valence-electron chi connectivity index (χ3n) is 4.70. The van der Waals surface area contributed by atoms with Crippen LogP contribution in [-0.4, -0.2) is 40.1 Å². The Labute approximate surface area is 156 Å². The van der Waals surface area contributed by atoms with Crippen LogP contribution in [-0.2, 0) is 6.42 Å². The first-order chi connectivity index (χ1) is 12.5. The molecule has 0 saturated carbocycles. The van der Waals surface area contributed by atoms with Gasteiger partial charge in [0, 0.05) is 36.7 Å². The largest absolute Gasteiger partial charge is 0.369 e. The van der Waals surface area contributed by atoms with Gasteiger partial charge < -0.3 is 10.2 Å². The van der Waals surface area contributed by atoms with E-state index in [1.165, 1.54) is 11.3 Å². The molecule has 0 fully saturated rings. The highest BCUT2D eigenvalue weighted by molar-refractivity contribution is 6.36. The maximum absolute atomic E-state index is 12.5. The van der Waals surface area contributed by atoms with Gasteiger partial charge in [0.25, 0.3) is 5.91 Å². The lowest BCUT2D eigenvalue weighted by atomic mass is 10.2. The van der Waals surface area contributed by atoms with Gasteiger partial charge in [0.1, 0.15) is 5.02 Å². The van der Waals surface area contributed by atoms with E-state index in [0.29, 0.717) is 17.2 Å². The van der Waals surface area contributed by atoms with Crippen molar-refractivity contribution >= 4 is 28.8 Å². The van der Waals surface area contributed by atoms with E-state index in [4.69, 9.17) is 11.6 Å². The van der Waals surface area contributed by atoms with E-state index in [2.05, 4.69) is 38.5 Å². The molecule has 0 unspecified atom stereocenters. The molecule has 0 radical (unpaired) electrons. The fourth-order valence-corrected chi connectivity index (χ4v) is 3.71. The van der Waals surface area contributed by atoms with Crippen LogP contribution in [0.2, 0.25) is 5.02 Å². The summed E-state index contributed by atoms with van der Waals surface area (Å²) in [6.07, 6.45) is 1.05. The average Bonchev–Trinajstić information content (AvgIpc) is 3.17. The zero-order valence-electron chi connectivity index (χ0n) is 14.8. The van der Waals surface area contributed by atoms with E-state index in [1.54, 1.807) is 4.52 Å². The summed E-state index contributed by atoms with van der Waals surface area (Å²) in [5.74, 6) is -0.273. The molecule has 4 rings (SSSR count). The van der Waals surface area contributed by atoms with Gasteiger partial charge in [-0.1, -0.05) is 29.8 Å². The van der Waals surface area contributed by atoms with Crippen molar-refractivity contribution in [3.8, 4) is 0 Å². The number of benzene rings is 1. The van der Waals surface area contributed by atoms with Crippen molar-refractivity contribution in [2.75, 3.05) is 24.5 Å². The van der Waals surface area contributed by atoms with Crippen molar-refractivity contribution in [1.82, 2.24) is 19.9 Å². The number of nitrogens with one attached hydrogen (secondary N) is 1. The monoisotopic (exact) mass is 369 g/mol. The fraction of sp³-hybridized carbons (Fsp3) is 0.316. The number of anilines is 1. The quantitative estimate of drug-likeness (QED) is 0.768. The van der Waals surface area contributed by atoms with Gasteiger partial charge in [-0.2, -0.15) is 5.10 Å². The van der Waals surface area contributed by atoms with E-state index >= 15 is 0 Å². The van der Waals surface area contributed by atoms with Gasteiger partial charge in [-0.15, -0.1) is 0 Å². The summed E-state index contributed by atoms with van der Waals surface area (Å²) in [7, 11) is 0. The highest BCUT2D eigenvalue weighted by Crippen LogP contribution is 2.26. The second-order valence-corrected chi connectivity index (χ2v) is 6.94. The predicted molar refractivity (Wildman–Crippen MR) is 102 cm³/mol. The minimum atomic E-state index is -0.273. The third-order valence-corrected chi connectivity index (χ3v) is 5.05. The van der Waals surface area contributed by atoms with Crippen LogP contribution in [0.25, 0.3) is 5.65 Å². The summed E-state index contributed by atoms with van der Waals surface area (Å²) < 4.78 is 1.61. The SMILES string of the molecule is Cc1cc(C)n2nc(C(=O)NCCN3CCc4ccccc43)c(Cl)c2n1. The van der Waals surface area contributed by atoms with Crippen molar-refractivity contribution < 1.29 is 4.79 Å². The number of carbonyl (C=O) groups excluding carboxylic acids is 1. The molecular formula is C19H20ClN5O. The highest BCUT2D eigenvalue weighted by atomic mass is 35.5. The summed E-state index contributed by atoms with van der Waals surface area (Å²) in [5, 5.41) is 7.55. The van der Waals surface area contributed by atoms with E-state index in [1.807, 2.05) is 26.0 Å². The molecule has 6 nitrogen and oxygen atoms in total. The molecule has 134 valence electrons. The van der Waals surface area contributed by atoms with Crippen molar-refractivity contribution in [2.45, 2.75) is 20.3 Å². The van der Waals surface area contributed by atoms with Crippen LogP contribution < -0.4 is 10.2 Å². The molecule has 0 atom stereocenters. The minimum absolute atomic E-state index is 0.217. The minimum Gasteiger partial charge on any atom is -0.369 e. The molecule has 1 aliphatic heterocycles. The van der Waals surface area contributed by atoms with Crippen LogP contribution >= 0.6 is 11.6 Å². The lowest BCUT2D eigenvalue weighted by molar-refractivity contribution is 0.0949. The summed E-state index contributed by atoms with van der Waals surface area (Å²) in [4.78, 5) is 19.2. The topological polar surface area (TPSA) is 62.5 Å². The first kappa shape index (κ1) is 16.8. The molecule has 1 aliphatic rings. The van der Waals surface area contributed by atoms with Crippen molar-refractivity contribution in [3.63, 3.8) is 0 Å². The number of carbonyl (C=O) groups is 1. The maximum atomic E-state index is 12.5. The smallest absolute Gasteiger partial charge is 0.273 e. The molecule has 3 aromatic rings. The number of amides is 1. The highest BCUT2D eigenvalue weighted by Gasteiger charge is 2.21. The second kappa shape index (κ2) is 6.61. The van der Waals surface area contributed by atoms with Crippen LogP contribution in [0.15, 0.2) is 30.3 Å². The number of aryl methyl sites for hydroxylation is 2. The Balaban J connectivity index is 1.45. The standard InChI is InChI=1S/C19H20ClN5O/c1-12-11-13(2)25-18(22-12)16(20)17(23-25)19(26)21-8-10-24-9-7-14-5-3-4-6-15(14)24/h3-6,11H,7-10H2,1-2H3,(H,21,26). The Hall–Kier alpha value is -2.60. The number of aromatic nitrogens is 3. The number of nitrogens with zero attached hydrogens (tertiary/aromatic N) is 4. The van der Waals surface area contributed by atoms with Gasteiger partial charge in [0.05, 0.1) is 0 Å². The fourth-order valence-electron chi connectivity index (χ4n) is 3.47. The number of rotatable bonds is 4. The zero-order valence-corrected chi connectivity index (χ0v) is 15.5. The Morgan fingerprint density at radius 3 is 2.96 bits per heavy atom. The van der Waals surface area contributed by atoms with Gasteiger partial charge in [0.2, 0.25) is 0 Å². The van der Waals surface area contributed by atoms with Gasteiger partial charge in [-0.05, 0) is 38.0 Å². The lowest BCUT2D eigenvalue weighted by Gasteiger charge is -2.19. The molecule has 0 spiro atoms. The van der Waals surface area contributed by atoms with E-state index in [9.17, 15) is 4.79 Å². The molecule has 0 aliphatic carbocycles. The van der Waals surface area contributed by atoms with Gasteiger partial charge in [-0.25, -0.2) is 9.50 Å². The predicted octanol–water partition coefficient (Wildman–Crippen LogP) is 2.79. The molecular weight excluding hydrogens is 350 g/mol. The van der Waals surface area contributed by atoms with Gasteiger partial charge >= 0.3 is 0 Å². The van der Waals surface area contributed by atoms with Crippen molar-refractivity contribution in [3.05, 3.63) is 58.0 Å². The van der Waals surface area contributed by atoms with Crippen LogP contribution in [0.5, 0.6) is 0 Å². The number of fused-ring (bicyclic) bond motifs is 2. The first-order valence-electron chi connectivity index (χ1n) is 8.68. The summed E-state index contributed by atoms with van der Waals surface area (Å²) in [6, 6.07) is 10.3. The Morgan fingerprint density at radius 1 is 1.31 bits per heavy atom. The lowest BCUT2D eigenvalue weighted by Crippen LogP contribution is -2.34. The molecule has 0 bridgehead atoms. The summed E-state index contributed by atoms with van der Waals surface area (Å²) >= 11 is 6.35. The molecule has 1 aromatic carbocycles. The first-order valence-corrected chi connectivity index (χ1v) is 9.06. The number of hydrogen-bond donors (Lipinski definition) is 1. The molecule has 2 aromatic heterocycles. The van der Waals surface area contributed by atoms with Crippen LogP contribution in [0.1, 0.15) is 27.4 Å². The van der Waals surface area contributed by atoms with E-state index < -0.39 is 0 Å². The normalized spacial score (nSPS) is 13.3. The Morgan fingerprint density at radius 2 is 2.12 bits per heavy atom. The van der Waals surface area contributed by atoms with Crippen molar-refractivity contribution in [1.29, 1.82) is 0 Å². The zero-order chi connectivity index (χ0) is 18.3. The average molecular weight is 370 g/mol. The Bertz CT molecular complexity index is 997. The van der Waals surface area contributed by atoms with Crippen LogP contribution in [0.3, 0.4) is 0 Å². The Kier molecular flexibility index (Phi) is 4.28. The van der Waals surface area contributed by atoms with Gasteiger partial charge in [-0.3, -0.25) is 4.79 Å². The number of para-hydroxylation sites is 1. The molecule has 7 heteroatoms. The maximum Gasteiger partial charge on any atom is 0.273 e. The summed E-state index contributed by atoms with van der Waals surface area (Å²) in [5.41, 5.74) is 5.08. The summed E-state index contributed by atoms with van der Waals surface area (Å²) in [6.45, 7) is 6.07. The molecule has 0 saturated heterocycles. The second-order valence-electron chi connectivity index (χ2n) is 6.56. The van der Waals surface area contributed by atoms with Crippen molar-refractivity contribution in [2.24, 2.45) is 0 Å². The molecule has 1 amide bonds. The number of halogens is 1.